The number of rotatable bonds is 9. The molecule has 0 fully saturated rings. The summed E-state index contributed by atoms with van der Waals surface area (Å²) in [7, 11) is -1.87. The molecule has 4 aromatic rings. The maximum absolute atomic E-state index is 13.3. The van der Waals surface area contributed by atoms with Crippen LogP contribution in [0.25, 0.3) is 11.3 Å². The number of carbonyl (C=O) groups is 1. The van der Waals surface area contributed by atoms with Crippen molar-refractivity contribution >= 4 is 21.6 Å². The molecule has 8 nitrogen and oxygen atoms in total. The first-order valence-corrected chi connectivity index (χ1v) is 12.8. The Morgan fingerprint density at radius 2 is 1.74 bits per heavy atom. The van der Waals surface area contributed by atoms with Crippen molar-refractivity contribution in [2.24, 2.45) is 0 Å². The Morgan fingerprint density at radius 3 is 2.49 bits per heavy atom. The summed E-state index contributed by atoms with van der Waals surface area (Å²) in [6.45, 7) is 0.644. The molecule has 4 rings (SSSR count). The van der Waals surface area contributed by atoms with Crippen LogP contribution < -0.4 is 14.8 Å². The van der Waals surface area contributed by atoms with Gasteiger partial charge in [0.05, 0.1) is 31.2 Å². The first-order chi connectivity index (χ1) is 16.8. The van der Waals surface area contributed by atoms with Gasteiger partial charge in [-0.1, -0.05) is 60.7 Å². The molecule has 0 radical (unpaired) electrons. The molecule has 0 aliphatic carbocycles. The van der Waals surface area contributed by atoms with Gasteiger partial charge in [0, 0.05) is 18.3 Å². The number of sulfonamides is 1. The first-order valence-electron chi connectivity index (χ1n) is 10.9. The predicted molar refractivity (Wildman–Crippen MR) is 136 cm³/mol. The number of nitrogens with one attached hydrogen (secondary N) is 2. The van der Waals surface area contributed by atoms with Gasteiger partial charge in [-0.2, -0.15) is 5.10 Å². The number of hydrogen-bond acceptors (Lipinski definition) is 5. The van der Waals surface area contributed by atoms with Gasteiger partial charge in [-0.05, 0) is 29.3 Å². The number of benzene rings is 3. The third-order valence-corrected chi connectivity index (χ3v) is 5.88. The third kappa shape index (κ3) is 6.27. The van der Waals surface area contributed by atoms with E-state index in [4.69, 9.17) is 9.84 Å². The Kier molecular flexibility index (Phi) is 7.17. The number of anilines is 1. The van der Waals surface area contributed by atoms with Crippen molar-refractivity contribution in [3.8, 4) is 17.0 Å². The Balaban J connectivity index is 1.63. The summed E-state index contributed by atoms with van der Waals surface area (Å²) >= 11 is 0. The fraction of sp³-hybridized carbons (Fsp3) is 0.154. The molecular formula is C26H26N4O4S. The van der Waals surface area contributed by atoms with Crippen molar-refractivity contribution in [1.82, 2.24) is 15.1 Å². The third-order valence-electron chi connectivity index (χ3n) is 5.29. The topological polar surface area (TPSA) is 102 Å². The first kappa shape index (κ1) is 24.0. The summed E-state index contributed by atoms with van der Waals surface area (Å²) in [4.78, 5) is 13.3. The van der Waals surface area contributed by atoms with Crippen molar-refractivity contribution in [3.05, 3.63) is 102 Å². The highest BCUT2D eigenvalue weighted by Crippen LogP contribution is 2.26. The van der Waals surface area contributed by atoms with E-state index in [0.29, 0.717) is 34.8 Å². The van der Waals surface area contributed by atoms with Crippen LogP contribution in [0.3, 0.4) is 0 Å². The summed E-state index contributed by atoms with van der Waals surface area (Å²) < 4.78 is 33.0. The molecule has 0 spiro atoms. The predicted octanol–water partition coefficient (Wildman–Crippen LogP) is 3.91. The van der Waals surface area contributed by atoms with Gasteiger partial charge in [0.2, 0.25) is 10.0 Å². The molecule has 2 N–H and O–H groups in total. The maximum Gasteiger partial charge on any atom is 0.255 e. The quantitative estimate of drug-likeness (QED) is 0.370. The molecule has 9 heteroatoms. The minimum atomic E-state index is -3.45. The average molecular weight is 491 g/mol. The van der Waals surface area contributed by atoms with Crippen molar-refractivity contribution in [2.75, 3.05) is 18.1 Å². The fourth-order valence-electron chi connectivity index (χ4n) is 3.67. The Hall–Kier alpha value is -4.11. The molecule has 35 heavy (non-hydrogen) atoms. The van der Waals surface area contributed by atoms with Crippen LogP contribution in [-0.2, 0) is 23.1 Å². The van der Waals surface area contributed by atoms with Crippen LogP contribution >= 0.6 is 0 Å². The van der Waals surface area contributed by atoms with Crippen LogP contribution in [0.1, 0.15) is 21.5 Å². The van der Waals surface area contributed by atoms with Crippen LogP contribution in [0.2, 0.25) is 0 Å². The van der Waals surface area contributed by atoms with Crippen LogP contribution in [0.4, 0.5) is 5.69 Å². The number of nitrogens with zero attached hydrogens (tertiary/aromatic N) is 2. The van der Waals surface area contributed by atoms with Crippen LogP contribution in [0.5, 0.6) is 5.75 Å². The van der Waals surface area contributed by atoms with E-state index in [2.05, 4.69) is 10.0 Å². The molecule has 1 heterocycles. The molecule has 1 aromatic heterocycles. The van der Waals surface area contributed by atoms with E-state index in [0.717, 1.165) is 17.4 Å². The van der Waals surface area contributed by atoms with Crippen molar-refractivity contribution in [2.45, 2.75) is 13.1 Å². The molecular weight excluding hydrogens is 464 g/mol. The summed E-state index contributed by atoms with van der Waals surface area (Å²) in [6.07, 6.45) is 2.81. The summed E-state index contributed by atoms with van der Waals surface area (Å²) in [6, 6.07) is 24.2. The number of hydrogen-bond donors (Lipinski definition) is 2. The zero-order valence-electron chi connectivity index (χ0n) is 19.4. The van der Waals surface area contributed by atoms with Crippen molar-refractivity contribution in [3.63, 3.8) is 0 Å². The van der Waals surface area contributed by atoms with E-state index in [1.165, 1.54) is 0 Å². The summed E-state index contributed by atoms with van der Waals surface area (Å²) in [5.41, 5.74) is 3.80. The summed E-state index contributed by atoms with van der Waals surface area (Å²) in [5, 5.41) is 7.60. The van der Waals surface area contributed by atoms with Crippen molar-refractivity contribution < 1.29 is 17.9 Å². The molecule has 3 aromatic carbocycles. The highest BCUT2D eigenvalue weighted by atomic mass is 32.2. The van der Waals surface area contributed by atoms with Crippen LogP contribution in [0.15, 0.2) is 85.1 Å². The van der Waals surface area contributed by atoms with E-state index < -0.39 is 10.0 Å². The normalized spacial score (nSPS) is 11.1. The standard InChI is InChI=1S/C26H26N4O4S/c1-34-22-13-8-12-20(15-22)25-23(18-30(28-25)17-19-9-4-3-5-10-19)26(31)27-16-21-11-6-7-14-24(21)29-35(2,32)33/h3-15,18,29H,16-17H2,1-2H3,(H,27,31). The van der Waals surface area contributed by atoms with Gasteiger partial charge in [-0.25, -0.2) is 8.42 Å². The lowest BCUT2D eigenvalue weighted by Crippen LogP contribution is -2.24. The lowest BCUT2D eigenvalue weighted by molar-refractivity contribution is 0.0951. The molecule has 180 valence electrons. The van der Waals surface area contributed by atoms with Gasteiger partial charge >= 0.3 is 0 Å². The maximum atomic E-state index is 13.3. The molecule has 0 bridgehead atoms. The molecule has 0 atom stereocenters. The van der Waals surface area contributed by atoms with E-state index in [1.54, 1.807) is 42.3 Å². The Bertz CT molecular complexity index is 1430. The lowest BCUT2D eigenvalue weighted by atomic mass is 10.1. The number of methoxy groups -OCH3 is 1. The van der Waals surface area contributed by atoms with E-state index >= 15 is 0 Å². The van der Waals surface area contributed by atoms with Crippen LogP contribution in [-0.4, -0.2) is 37.5 Å². The molecule has 0 aliphatic heterocycles. The number of para-hydroxylation sites is 1. The molecule has 0 aliphatic rings. The zero-order valence-corrected chi connectivity index (χ0v) is 20.2. The largest absolute Gasteiger partial charge is 0.497 e. The number of carbonyl (C=O) groups excluding carboxylic acids is 1. The highest BCUT2D eigenvalue weighted by molar-refractivity contribution is 7.92. The second kappa shape index (κ2) is 10.4. The Labute approximate surface area is 204 Å². The number of amides is 1. The second-order valence-electron chi connectivity index (χ2n) is 8.02. The van der Waals surface area contributed by atoms with Crippen molar-refractivity contribution in [1.29, 1.82) is 0 Å². The van der Waals surface area contributed by atoms with Gasteiger partial charge in [-0.3, -0.25) is 14.2 Å². The smallest absolute Gasteiger partial charge is 0.255 e. The molecule has 0 saturated heterocycles. The van der Waals surface area contributed by atoms with Gasteiger partial charge < -0.3 is 10.1 Å². The minimum absolute atomic E-state index is 0.138. The SMILES string of the molecule is COc1cccc(-c2nn(Cc3ccccc3)cc2C(=O)NCc2ccccc2NS(C)(=O)=O)c1. The van der Waals surface area contributed by atoms with Gasteiger partial charge in [-0.15, -0.1) is 0 Å². The lowest BCUT2D eigenvalue weighted by Gasteiger charge is -2.11. The minimum Gasteiger partial charge on any atom is -0.497 e. The van der Waals surface area contributed by atoms with Gasteiger partial charge in [0.1, 0.15) is 11.4 Å². The van der Waals surface area contributed by atoms with E-state index in [-0.39, 0.29) is 12.5 Å². The number of ether oxygens (including phenoxy) is 1. The monoisotopic (exact) mass is 490 g/mol. The van der Waals surface area contributed by atoms with E-state index in [9.17, 15) is 13.2 Å². The highest BCUT2D eigenvalue weighted by Gasteiger charge is 2.19. The second-order valence-corrected chi connectivity index (χ2v) is 9.77. The van der Waals surface area contributed by atoms with E-state index in [1.807, 2.05) is 54.6 Å². The summed E-state index contributed by atoms with van der Waals surface area (Å²) in [5.74, 6) is 0.337. The number of aromatic nitrogens is 2. The average Bonchev–Trinajstić information content (AvgIpc) is 3.27. The van der Waals surface area contributed by atoms with Gasteiger partial charge in [0.25, 0.3) is 5.91 Å². The van der Waals surface area contributed by atoms with Gasteiger partial charge in [0.15, 0.2) is 0 Å². The molecule has 0 unspecified atom stereocenters. The fourth-order valence-corrected chi connectivity index (χ4v) is 4.27. The molecule has 0 saturated carbocycles. The molecule has 1 amide bonds. The van der Waals surface area contributed by atoms with Crippen LogP contribution in [0, 0.1) is 0 Å². The zero-order chi connectivity index (χ0) is 24.8. The Morgan fingerprint density at radius 1 is 1.00 bits per heavy atom.